The van der Waals surface area contributed by atoms with Crippen LogP contribution in [0.4, 0.5) is 5.69 Å². The highest BCUT2D eigenvalue weighted by Crippen LogP contribution is 2.59. The zero-order valence-corrected chi connectivity index (χ0v) is 18.7. The van der Waals surface area contributed by atoms with Crippen LogP contribution < -0.4 is 24.4 Å². The lowest BCUT2D eigenvalue weighted by atomic mass is 10.2. The molecule has 0 radical (unpaired) electrons. The van der Waals surface area contributed by atoms with Crippen LogP contribution in [0.15, 0.2) is 36.4 Å². The van der Waals surface area contributed by atoms with E-state index in [0.717, 1.165) is 5.69 Å². The quantitative estimate of drug-likeness (QED) is 0.583. The lowest BCUT2D eigenvalue weighted by molar-refractivity contribution is 0.213. The standard InChI is InChI=1S/C21H30NO6P/c1-7-12-28-29(24,17-10-8-16(9-11-17)22(2)3)21(23)15-13-18(25-4)20(27-6)19(14-15)26-5/h8-11,13-14,21,23H,7,12H2,1-6H3/t21-,29-/m0/s1. The van der Waals surface area contributed by atoms with E-state index in [1.165, 1.54) is 21.3 Å². The normalized spacial score (nSPS) is 14.0. The van der Waals surface area contributed by atoms with Crippen LogP contribution in [0.2, 0.25) is 0 Å². The van der Waals surface area contributed by atoms with Crippen molar-refractivity contribution >= 4 is 18.4 Å². The maximum atomic E-state index is 13.9. The average molecular weight is 423 g/mol. The number of aliphatic hydroxyl groups is 1. The molecule has 0 saturated carbocycles. The number of anilines is 1. The van der Waals surface area contributed by atoms with Crippen molar-refractivity contribution in [3.63, 3.8) is 0 Å². The molecule has 0 aliphatic heterocycles. The van der Waals surface area contributed by atoms with Gasteiger partial charge in [-0.05, 0) is 48.4 Å². The maximum absolute atomic E-state index is 13.9. The molecule has 2 atom stereocenters. The molecule has 2 aromatic carbocycles. The van der Waals surface area contributed by atoms with Crippen LogP contribution in [0.3, 0.4) is 0 Å². The Hall–Kier alpha value is -2.21. The number of hydrogen-bond acceptors (Lipinski definition) is 7. The van der Waals surface area contributed by atoms with Gasteiger partial charge in [-0.1, -0.05) is 6.92 Å². The first-order valence-electron chi connectivity index (χ1n) is 9.32. The zero-order valence-electron chi connectivity index (χ0n) is 17.8. The fourth-order valence-corrected chi connectivity index (χ4v) is 5.05. The Kier molecular flexibility index (Phi) is 7.96. The molecule has 0 unspecified atom stereocenters. The molecule has 0 aromatic heterocycles. The third-order valence-corrected chi connectivity index (χ3v) is 7.05. The Morgan fingerprint density at radius 1 is 1.00 bits per heavy atom. The van der Waals surface area contributed by atoms with Crippen molar-refractivity contribution in [2.75, 3.05) is 46.9 Å². The SMILES string of the molecule is CCCO[P@@](=O)(c1ccc(N(C)C)cc1)[C@H](O)c1cc(OC)c(OC)c(OC)c1. The lowest BCUT2D eigenvalue weighted by Crippen LogP contribution is -2.16. The van der Waals surface area contributed by atoms with Crippen LogP contribution >= 0.6 is 7.37 Å². The molecular formula is C21H30NO6P. The van der Waals surface area contributed by atoms with Gasteiger partial charge in [-0.3, -0.25) is 4.57 Å². The monoisotopic (exact) mass is 423 g/mol. The van der Waals surface area contributed by atoms with E-state index in [-0.39, 0.29) is 6.61 Å². The Morgan fingerprint density at radius 3 is 1.97 bits per heavy atom. The second-order valence-corrected chi connectivity index (χ2v) is 9.13. The van der Waals surface area contributed by atoms with Crippen LogP contribution in [0.25, 0.3) is 0 Å². The van der Waals surface area contributed by atoms with Gasteiger partial charge in [-0.15, -0.1) is 0 Å². The van der Waals surface area contributed by atoms with Crippen LogP contribution in [0.5, 0.6) is 17.2 Å². The number of hydrogen-bond donors (Lipinski definition) is 1. The van der Waals surface area contributed by atoms with Crippen LogP contribution in [0.1, 0.15) is 24.8 Å². The topological polar surface area (TPSA) is 77.5 Å². The van der Waals surface area contributed by atoms with Gasteiger partial charge in [0, 0.05) is 25.1 Å². The Morgan fingerprint density at radius 2 is 1.55 bits per heavy atom. The van der Waals surface area contributed by atoms with Crippen molar-refractivity contribution in [3.05, 3.63) is 42.0 Å². The van der Waals surface area contributed by atoms with E-state index in [1.54, 1.807) is 24.3 Å². The number of ether oxygens (including phenoxy) is 3. The summed E-state index contributed by atoms with van der Waals surface area (Å²) < 4.78 is 35.7. The van der Waals surface area contributed by atoms with Gasteiger partial charge in [0.1, 0.15) is 0 Å². The predicted octanol–water partition coefficient (Wildman–Crippen LogP) is 3.80. The van der Waals surface area contributed by atoms with E-state index in [4.69, 9.17) is 18.7 Å². The van der Waals surface area contributed by atoms with E-state index in [1.807, 2.05) is 38.1 Å². The third kappa shape index (κ3) is 4.86. The number of rotatable bonds is 10. The van der Waals surface area contributed by atoms with Gasteiger partial charge >= 0.3 is 0 Å². The summed E-state index contributed by atoms with van der Waals surface area (Å²) in [6.07, 6.45) is 0.668. The van der Waals surface area contributed by atoms with Gasteiger partial charge in [0.2, 0.25) is 5.75 Å². The van der Waals surface area contributed by atoms with Crippen molar-refractivity contribution in [2.24, 2.45) is 0 Å². The summed E-state index contributed by atoms with van der Waals surface area (Å²) in [5.41, 5.74) is 1.31. The minimum atomic E-state index is -3.65. The predicted molar refractivity (Wildman–Crippen MR) is 115 cm³/mol. The fraction of sp³-hybridized carbons (Fsp3) is 0.429. The van der Waals surface area contributed by atoms with Crippen molar-refractivity contribution in [3.8, 4) is 17.2 Å². The van der Waals surface area contributed by atoms with Crippen LogP contribution in [-0.4, -0.2) is 47.1 Å². The Labute approximate surface area is 172 Å². The molecule has 0 aliphatic carbocycles. The van der Waals surface area contributed by atoms with Gasteiger partial charge in [-0.2, -0.15) is 0 Å². The highest BCUT2D eigenvalue weighted by atomic mass is 31.2. The van der Waals surface area contributed by atoms with Crippen molar-refractivity contribution in [1.82, 2.24) is 0 Å². The van der Waals surface area contributed by atoms with Crippen LogP contribution in [-0.2, 0) is 9.09 Å². The molecule has 0 saturated heterocycles. The summed E-state index contributed by atoms with van der Waals surface area (Å²) in [6.45, 7) is 2.18. The van der Waals surface area contributed by atoms with Gasteiger partial charge in [-0.25, -0.2) is 0 Å². The van der Waals surface area contributed by atoms with E-state index in [0.29, 0.717) is 34.5 Å². The molecular weight excluding hydrogens is 393 g/mol. The molecule has 2 aromatic rings. The first-order valence-corrected chi connectivity index (χ1v) is 11.0. The second kappa shape index (κ2) is 10.0. The summed E-state index contributed by atoms with van der Waals surface area (Å²) in [4.78, 5) is 1.94. The molecule has 0 heterocycles. The molecule has 1 N–H and O–H groups in total. The van der Waals surface area contributed by atoms with Crippen LogP contribution in [0, 0.1) is 0 Å². The van der Waals surface area contributed by atoms with E-state index >= 15 is 0 Å². The molecule has 29 heavy (non-hydrogen) atoms. The minimum absolute atomic E-state index is 0.258. The molecule has 0 fully saturated rings. The second-order valence-electron chi connectivity index (χ2n) is 6.67. The number of benzene rings is 2. The number of aliphatic hydroxyl groups excluding tert-OH is 1. The smallest absolute Gasteiger partial charge is 0.264 e. The largest absolute Gasteiger partial charge is 0.493 e. The van der Waals surface area contributed by atoms with Gasteiger partial charge in [0.25, 0.3) is 7.37 Å². The average Bonchev–Trinajstić information content (AvgIpc) is 2.75. The highest BCUT2D eigenvalue weighted by Gasteiger charge is 2.37. The summed E-state index contributed by atoms with van der Waals surface area (Å²) in [6, 6.07) is 10.3. The molecule has 0 aliphatic rings. The Bertz CT molecular complexity index is 828. The van der Waals surface area contributed by atoms with Crippen molar-refractivity contribution in [2.45, 2.75) is 19.2 Å². The molecule has 7 nitrogen and oxygen atoms in total. The molecule has 0 amide bonds. The number of nitrogens with zero attached hydrogens (tertiary/aromatic N) is 1. The maximum Gasteiger partial charge on any atom is 0.264 e. The molecule has 8 heteroatoms. The number of methoxy groups -OCH3 is 3. The molecule has 160 valence electrons. The summed E-state index contributed by atoms with van der Waals surface area (Å²) in [5.74, 6) is -0.268. The summed E-state index contributed by atoms with van der Waals surface area (Å²) in [7, 11) is 4.67. The van der Waals surface area contributed by atoms with E-state index in [2.05, 4.69) is 0 Å². The Balaban J connectivity index is 2.55. The molecule has 0 spiro atoms. The summed E-state index contributed by atoms with van der Waals surface area (Å²) >= 11 is 0. The molecule has 0 bridgehead atoms. The van der Waals surface area contributed by atoms with Crippen molar-refractivity contribution < 1.29 is 28.4 Å². The highest BCUT2D eigenvalue weighted by molar-refractivity contribution is 7.67. The zero-order chi connectivity index (χ0) is 21.6. The fourth-order valence-electron chi connectivity index (χ4n) is 2.92. The lowest BCUT2D eigenvalue weighted by Gasteiger charge is -2.26. The molecule has 2 rings (SSSR count). The first kappa shape index (κ1) is 23.1. The third-order valence-electron chi connectivity index (χ3n) is 4.52. The van der Waals surface area contributed by atoms with Gasteiger partial charge in [0.15, 0.2) is 17.3 Å². The van der Waals surface area contributed by atoms with Gasteiger partial charge in [0.05, 0.1) is 27.9 Å². The van der Waals surface area contributed by atoms with Gasteiger partial charge < -0.3 is 28.7 Å². The van der Waals surface area contributed by atoms with E-state index < -0.39 is 13.2 Å². The first-order chi connectivity index (χ1) is 13.8. The minimum Gasteiger partial charge on any atom is -0.493 e. The summed E-state index contributed by atoms with van der Waals surface area (Å²) in [5, 5.41) is 11.6. The van der Waals surface area contributed by atoms with E-state index in [9.17, 15) is 9.67 Å². The van der Waals surface area contributed by atoms with Crippen molar-refractivity contribution in [1.29, 1.82) is 0 Å².